The van der Waals surface area contributed by atoms with Gasteiger partial charge in [0.15, 0.2) is 0 Å². The minimum Gasteiger partial charge on any atom is -0.489 e. The molecule has 124 valence electrons. The summed E-state index contributed by atoms with van der Waals surface area (Å²) < 4.78 is 5.84. The number of hydrogen-bond donors (Lipinski definition) is 1. The lowest BCUT2D eigenvalue weighted by molar-refractivity contribution is 0.306. The van der Waals surface area contributed by atoms with Crippen molar-refractivity contribution in [2.45, 2.75) is 12.0 Å². The van der Waals surface area contributed by atoms with Crippen molar-refractivity contribution in [3.63, 3.8) is 0 Å². The fraction of sp³-hybridized carbons (Fsp3) is 0.0952. The van der Waals surface area contributed by atoms with Gasteiger partial charge in [-0.05, 0) is 23.3 Å². The second-order valence-electron chi connectivity index (χ2n) is 5.75. The predicted octanol–water partition coefficient (Wildman–Crippen LogP) is 4.96. The first-order valence-corrected chi connectivity index (χ1v) is 9.08. The summed E-state index contributed by atoms with van der Waals surface area (Å²) in [6.45, 7) is 0.581. The van der Waals surface area contributed by atoms with Crippen LogP contribution in [0.1, 0.15) is 22.1 Å². The van der Waals surface area contributed by atoms with Crippen molar-refractivity contribution in [3.8, 4) is 5.75 Å². The van der Waals surface area contributed by atoms with E-state index in [2.05, 4.69) is 46.9 Å². The number of thioether (sulfide) groups is 1. The normalized spacial score (nSPS) is 16.2. The third-order valence-electron chi connectivity index (χ3n) is 3.96. The van der Waals surface area contributed by atoms with E-state index in [0.717, 1.165) is 16.4 Å². The van der Waals surface area contributed by atoms with Gasteiger partial charge >= 0.3 is 0 Å². The molecule has 0 radical (unpaired) electrons. The molecule has 1 aliphatic rings. The smallest absolute Gasteiger partial charge is 0.126 e. The molecule has 4 heteroatoms. The summed E-state index contributed by atoms with van der Waals surface area (Å²) in [6, 6.07) is 28.6. The van der Waals surface area contributed by atoms with Crippen LogP contribution >= 0.6 is 11.8 Å². The summed E-state index contributed by atoms with van der Waals surface area (Å²) >= 11 is 1.73. The van der Waals surface area contributed by atoms with Crippen molar-refractivity contribution < 1.29 is 4.74 Å². The zero-order valence-electron chi connectivity index (χ0n) is 13.6. The van der Waals surface area contributed by atoms with Gasteiger partial charge in [0.05, 0.1) is 0 Å². The first-order valence-electron chi connectivity index (χ1n) is 8.20. The molecule has 3 aromatic carbocycles. The van der Waals surface area contributed by atoms with Crippen LogP contribution in [0.15, 0.2) is 90.0 Å². The van der Waals surface area contributed by atoms with Crippen molar-refractivity contribution in [3.05, 3.63) is 102 Å². The van der Waals surface area contributed by atoms with Gasteiger partial charge < -0.3 is 4.74 Å². The quantitative estimate of drug-likeness (QED) is 0.709. The van der Waals surface area contributed by atoms with E-state index in [1.165, 1.54) is 11.1 Å². The SMILES string of the molecule is c1ccc(COc2ccc([C@@H]3NN=C(c4ccccc4)S3)cc2)cc1. The van der Waals surface area contributed by atoms with Crippen LogP contribution in [-0.2, 0) is 6.61 Å². The number of hydrazone groups is 1. The molecule has 0 saturated carbocycles. The summed E-state index contributed by atoms with van der Waals surface area (Å²) in [6.07, 6.45) is 0. The Labute approximate surface area is 151 Å². The lowest BCUT2D eigenvalue weighted by Gasteiger charge is -2.11. The average Bonchev–Trinajstić information content (AvgIpc) is 3.19. The molecule has 1 N–H and O–H groups in total. The number of benzene rings is 3. The van der Waals surface area contributed by atoms with E-state index < -0.39 is 0 Å². The molecule has 0 saturated heterocycles. The van der Waals surface area contributed by atoms with Crippen LogP contribution < -0.4 is 10.2 Å². The Kier molecular flexibility index (Phi) is 4.70. The van der Waals surface area contributed by atoms with Crippen LogP contribution in [0.2, 0.25) is 0 Å². The van der Waals surface area contributed by atoms with E-state index in [-0.39, 0.29) is 5.37 Å². The summed E-state index contributed by atoms with van der Waals surface area (Å²) in [7, 11) is 0. The van der Waals surface area contributed by atoms with Crippen molar-refractivity contribution >= 4 is 16.8 Å². The Bertz CT molecular complexity index is 848. The van der Waals surface area contributed by atoms with Gasteiger partial charge in [0.1, 0.15) is 22.8 Å². The Morgan fingerprint density at radius 3 is 2.24 bits per heavy atom. The van der Waals surface area contributed by atoms with E-state index in [4.69, 9.17) is 4.74 Å². The zero-order chi connectivity index (χ0) is 16.9. The summed E-state index contributed by atoms with van der Waals surface area (Å²) in [5.74, 6) is 0.875. The fourth-order valence-corrected chi connectivity index (χ4v) is 3.62. The summed E-state index contributed by atoms with van der Waals surface area (Å²) in [5, 5.41) is 5.62. The van der Waals surface area contributed by atoms with Gasteiger partial charge in [0, 0.05) is 5.56 Å². The molecule has 0 spiro atoms. The number of ether oxygens (including phenoxy) is 1. The van der Waals surface area contributed by atoms with Crippen molar-refractivity contribution in [2.24, 2.45) is 5.10 Å². The van der Waals surface area contributed by atoms with Crippen LogP contribution in [0.4, 0.5) is 0 Å². The largest absolute Gasteiger partial charge is 0.489 e. The van der Waals surface area contributed by atoms with Crippen molar-refractivity contribution in [1.82, 2.24) is 5.43 Å². The number of nitrogens with one attached hydrogen (secondary N) is 1. The first kappa shape index (κ1) is 15.8. The molecule has 1 atom stereocenters. The van der Waals surface area contributed by atoms with Crippen LogP contribution in [0, 0.1) is 0 Å². The highest BCUT2D eigenvalue weighted by molar-refractivity contribution is 8.14. The van der Waals surface area contributed by atoms with E-state index in [0.29, 0.717) is 6.61 Å². The summed E-state index contributed by atoms with van der Waals surface area (Å²) in [4.78, 5) is 0. The highest BCUT2D eigenvalue weighted by Gasteiger charge is 2.21. The number of rotatable bonds is 5. The third kappa shape index (κ3) is 3.86. The minimum atomic E-state index is 0.137. The second-order valence-corrected chi connectivity index (χ2v) is 6.85. The molecule has 0 aromatic heterocycles. The molecule has 0 unspecified atom stereocenters. The molecule has 0 amide bonds. The number of hydrogen-bond acceptors (Lipinski definition) is 4. The highest BCUT2D eigenvalue weighted by Crippen LogP contribution is 2.34. The molecule has 0 bridgehead atoms. The fourth-order valence-electron chi connectivity index (χ4n) is 2.62. The van der Waals surface area contributed by atoms with Crippen molar-refractivity contribution in [2.75, 3.05) is 0 Å². The van der Waals surface area contributed by atoms with Gasteiger partial charge in [0.25, 0.3) is 0 Å². The van der Waals surface area contributed by atoms with Gasteiger partial charge in [0.2, 0.25) is 0 Å². The molecule has 4 rings (SSSR count). The summed E-state index contributed by atoms with van der Waals surface area (Å²) in [5.41, 5.74) is 6.71. The Morgan fingerprint density at radius 1 is 0.840 bits per heavy atom. The monoisotopic (exact) mass is 346 g/mol. The zero-order valence-corrected chi connectivity index (χ0v) is 14.4. The molecule has 0 aliphatic carbocycles. The molecule has 0 fully saturated rings. The topological polar surface area (TPSA) is 33.6 Å². The Hall–Kier alpha value is -2.72. The predicted molar refractivity (Wildman–Crippen MR) is 104 cm³/mol. The van der Waals surface area contributed by atoms with E-state index in [9.17, 15) is 0 Å². The number of nitrogens with zero attached hydrogens (tertiary/aromatic N) is 1. The lowest BCUT2D eigenvalue weighted by Crippen LogP contribution is -2.06. The van der Waals surface area contributed by atoms with Gasteiger partial charge in [-0.15, -0.1) is 0 Å². The molecular formula is C21H18N2OS. The molecule has 1 aliphatic heterocycles. The van der Waals surface area contributed by atoms with Gasteiger partial charge in [-0.1, -0.05) is 84.6 Å². The van der Waals surface area contributed by atoms with E-state index in [1.54, 1.807) is 11.8 Å². The highest BCUT2D eigenvalue weighted by atomic mass is 32.2. The van der Waals surface area contributed by atoms with Crippen LogP contribution in [0.25, 0.3) is 0 Å². The Morgan fingerprint density at radius 2 is 1.52 bits per heavy atom. The lowest BCUT2D eigenvalue weighted by atomic mass is 10.2. The average molecular weight is 346 g/mol. The van der Waals surface area contributed by atoms with Gasteiger partial charge in [-0.2, -0.15) is 5.10 Å². The standard InChI is InChI=1S/C21H18N2OS/c1-3-7-16(8-4-1)15-24-19-13-11-18(12-14-19)21-23-22-20(25-21)17-9-5-2-6-10-17/h1-14,21,23H,15H2/t21-/m1/s1. The molecule has 3 nitrogen and oxygen atoms in total. The maximum atomic E-state index is 5.84. The Balaban J connectivity index is 1.37. The van der Waals surface area contributed by atoms with E-state index >= 15 is 0 Å². The molecule has 25 heavy (non-hydrogen) atoms. The molecule has 3 aromatic rings. The molecule has 1 heterocycles. The minimum absolute atomic E-state index is 0.137. The molecular weight excluding hydrogens is 328 g/mol. The second kappa shape index (κ2) is 7.45. The maximum Gasteiger partial charge on any atom is 0.126 e. The van der Waals surface area contributed by atoms with Crippen LogP contribution in [-0.4, -0.2) is 5.04 Å². The van der Waals surface area contributed by atoms with Crippen molar-refractivity contribution in [1.29, 1.82) is 0 Å². The van der Waals surface area contributed by atoms with E-state index in [1.807, 2.05) is 48.5 Å². The third-order valence-corrected chi connectivity index (χ3v) is 5.13. The maximum absolute atomic E-state index is 5.84. The van der Waals surface area contributed by atoms with Gasteiger partial charge in [-0.25, -0.2) is 0 Å². The van der Waals surface area contributed by atoms with Crippen LogP contribution in [0.5, 0.6) is 5.75 Å². The van der Waals surface area contributed by atoms with Gasteiger partial charge in [-0.3, -0.25) is 5.43 Å². The first-order chi connectivity index (χ1) is 12.4. The van der Waals surface area contributed by atoms with Crippen LogP contribution in [0.3, 0.4) is 0 Å².